The normalized spacial score (nSPS) is 12.1. The number of allylic oxidation sites excluding steroid dienone is 4. The minimum atomic E-state index is -0.769. The number of rotatable bonds is 45. The van der Waals surface area contributed by atoms with Crippen LogP contribution in [0.5, 0.6) is 0 Å². The fraction of sp³-hybridized carbons (Fsp3) is 0.863. The number of hydrogen-bond donors (Lipinski definition) is 0. The van der Waals surface area contributed by atoms with Crippen LogP contribution in [0.2, 0.25) is 0 Å². The minimum absolute atomic E-state index is 0.0721. The highest BCUT2D eigenvalue weighted by atomic mass is 16.6. The maximum absolute atomic E-state index is 12.7. The molecular formula is C51H94O6. The average molecular weight is 803 g/mol. The van der Waals surface area contributed by atoms with Crippen LogP contribution >= 0.6 is 0 Å². The highest BCUT2D eigenvalue weighted by Crippen LogP contribution is 2.15. The van der Waals surface area contributed by atoms with Crippen LogP contribution in [0.3, 0.4) is 0 Å². The van der Waals surface area contributed by atoms with E-state index in [2.05, 4.69) is 45.1 Å². The lowest BCUT2D eigenvalue weighted by Gasteiger charge is -2.18. The molecule has 0 bridgehead atoms. The summed E-state index contributed by atoms with van der Waals surface area (Å²) in [5, 5.41) is 0. The summed E-state index contributed by atoms with van der Waals surface area (Å²) in [6.07, 6.45) is 51.6. The molecule has 0 saturated carbocycles. The van der Waals surface area contributed by atoms with Gasteiger partial charge < -0.3 is 14.2 Å². The SMILES string of the molecule is CCCCCCCCC/C=C\C=C/CCCCCCCC(=O)OCC(COC(=O)CCCCCCCCCCCC)OC(=O)CCCCCCCCCCCCC. The molecule has 6 heteroatoms. The fourth-order valence-electron chi connectivity index (χ4n) is 7.20. The molecule has 0 aromatic heterocycles. The van der Waals surface area contributed by atoms with Gasteiger partial charge in [0.25, 0.3) is 0 Å². The van der Waals surface area contributed by atoms with Gasteiger partial charge in [0.05, 0.1) is 0 Å². The fourth-order valence-corrected chi connectivity index (χ4v) is 7.20. The van der Waals surface area contributed by atoms with E-state index >= 15 is 0 Å². The van der Waals surface area contributed by atoms with Crippen LogP contribution in [-0.2, 0) is 28.6 Å². The van der Waals surface area contributed by atoms with Gasteiger partial charge in [-0.1, -0.05) is 225 Å². The molecule has 1 unspecified atom stereocenters. The van der Waals surface area contributed by atoms with E-state index in [1.807, 2.05) is 0 Å². The molecule has 0 rings (SSSR count). The molecule has 0 radical (unpaired) electrons. The van der Waals surface area contributed by atoms with Gasteiger partial charge in [0.15, 0.2) is 6.10 Å². The number of carbonyl (C=O) groups is 3. The Hall–Kier alpha value is -2.11. The zero-order valence-corrected chi connectivity index (χ0v) is 38.1. The zero-order valence-electron chi connectivity index (χ0n) is 38.1. The summed E-state index contributed by atoms with van der Waals surface area (Å²) in [6.45, 7) is 6.62. The Balaban J connectivity index is 4.31. The third-order valence-electron chi connectivity index (χ3n) is 11.0. The molecule has 57 heavy (non-hydrogen) atoms. The van der Waals surface area contributed by atoms with E-state index in [1.165, 1.54) is 148 Å². The first-order valence-electron chi connectivity index (χ1n) is 24.9. The van der Waals surface area contributed by atoms with Gasteiger partial charge >= 0.3 is 17.9 Å². The molecule has 6 nitrogen and oxygen atoms in total. The summed E-state index contributed by atoms with van der Waals surface area (Å²) >= 11 is 0. The van der Waals surface area contributed by atoms with Crippen LogP contribution in [-0.4, -0.2) is 37.2 Å². The van der Waals surface area contributed by atoms with Crippen LogP contribution in [0, 0.1) is 0 Å². The Kier molecular flexibility index (Phi) is 44.9. The van der Waals surface area contributed by atoms with E-state index in [4.69, 9.17) is 14.2 Å². The van der Waals surface area contributed by atoms with Crippen LogP contribution in [0.15, 0.2) is 24.3 Å². The number of hydrogen-bond acceptors (Lipinski definition) is 6. The van der Waals surface area contributed by atoms with Crippen molar-refractivity contribution in [3.8, 4) is 0 Å². The first kappa shape index (κ1) is 54.9. The van der Waals surface area contributed by atoms with Crippen LogP contribution in [0.4, 0.5) is 0 Å². The molecule has 0 aliphatic rings. The second-order valence-electron chi connectivity index (χ2n) is 16.8. The maximum Gasteiger partial charge on any atom is 0.306 e. The number of ether oxygens (including phenoxy) is 3. The largest absolute Gasteiger partial charge is 0.462 e. The Bertz CT molecular complexity index is 927. The average Bonchev–Trinajstić information content (AvgIpc) is 3.21. The van der Waals surface area contributed by atoms with Crippen molar-refractivity contribution in [2.24, 2.45) is 0 Å². The second kappa shape index (κ2) is 46.6. The molecule has 0 aliphatic carbocycles. The van der Waals surface area contributed by atoms with Gasteiger partial charge in [-0.15, -0.1) is 0 Å². The maximum atomic E-state index is 12.7. The Morgan fingerprint density at radius 3 is 0.930 bits per heavy atom. The van der Waals surface area contributed by atoms with E-state index in [0.29, 0.717) is 19.3 Å². The predicted octanol–water partition coefficient (Wildman–Crippen LogP) is 16.0. The molecule has 334 valence electrons. The lowest BCUT2D eigenvalue weighted by Crippen LogP contribution is -2.30. The van der Waals surface area contributed by atoms with Crippen molar-refractivity contribution in [3.63, 3.8) is 0 Å². The molecule has 0 aromatic rings. The first-order chi connectivity index (χ1) is 28.0. The summed E-state index contributed by atoms with van der Waals surface area (Å²) in [4.78, 5) is 37.8. The smallest absolute Gasteiger partial charge is 0.306 e. The Morgan fingerprint density at radius 2 is 0.614 bits per heavy atom. The molecule has 0 aliphatic heterocycles. The molecule has 0 N–H and O–H groups in total. The Labute approximate surface area is 353 Å². The quantitative estimate of drug-likeness (QED) is 0.0264. The van der Waals surface area contributed by atoms with E-state index in [1.54, 1.807) is 0 Å². The predicted molar refractivity (Wildman–Crippen MR) is 243 cm³/mol. The third-order valence-corrected chi connectivity index (χ3v) is 11.0. The standard InChI is InChI=1S/C51H94O6/c1-4-7-10-13-16-19-22-23-24-25-26-27-28-30-32-35-38-41-44-50(53)56-47-48(46-55-49(52)43-40-37-34-31-21-18-15-12-9-6-3)57-51(54)45-42-39-36-33-29-20-17-14-11-8-5-2/h24-27,48H,4-23,28-47H2,1-3H3/b25-24-,27-26-. The number of unbranched alkanes of at least 4 members (excludes halogenated alkanes) is 31. The van der Waals surface area contributed by atoms with Crippen LogP contribution in [0.25, 0.3) is 0 Å². The highest BCUT2D eigenvalue weighted by molar-refractivity contribution is 5.71. The van der Waals surface area contributed by atoms with E-state index in [-0.39, 0.29) is 31.1 Å². The topological polar surface area (TPSA) is 78.9 Å². The lowest BCUT2D eigenvalue weighted by atomic mass is 10.1. The number of carbonyl (C=O) groups excluding carboxylic acids is 3. The molecule has 0 heterocycles. The summed E-state index contributed by atoms with van der Waals surface area (Å²) in [5.74, 6) is -0.880. The van der Waals surface area contributed by atoms with Crippen molar-refractivity contribution < 1.29 is 28.6 Å². The van der Waals surface area contributed by atoms with Gasteiger partial charge in [0.1, 0.15) is 13.2 Å². The minimum Gasteiger partial charge on any atom is -0.462 e. The van der Waals surface area contributed by atoms with Crippen molar-refractivity contribution in [2.75, 3.05) is 13.2 Å². The van der Waals surface area contributed by atoms with Gasteiger partial charge in [0.2, 0.25) is 0 Å². The molecule has 0 spiro atoms. The molecule has 0 saturated heterocycles. The third kappa shape index (κ3) is 44.8. The van der Waals surface area contributed by atoms with Crippen molar-refractivity contribution in [1.29, 1.82) is 0 Å². The summed E-state index contributed by atoms with van der Waals surface area (Å²) < 4.78 is 16.7. The van der Waals surface area contributed by atoms with Crippen molar-refractivity contribution in [2.45, 2.75) is 271 Å². The Morgan fingerprint density at radius 1 is 0.351 bits per heavy atom. The molecule has 0 amide bonds. The van der Waals surface area contributed by atoms with Crippen molar-refractivity contribution in [3.05, 3.63) is 24.3 Å². The van der Waals surface area contributed by atoms with E-state index in [0.717, 1.165) is 77.0 Å². The van der Waals surface area contributed by atoms with Gasteiger partial charge in [-0.05, 0) is 44.9 Å². The molecule has 1 atom stereocenters. The first-order valence-corrected chi connectivity index (χ1v) is 24.9. The van der Waals surface area contributed by atoms with Gasteiger partial charge in [-0.3, -0.25) is 14.4 Å². The highest BCUT2D eigenvalue weighted by Gasteiger charge is 2.19. The molecule has 0 fully saturated rings. The summed E-state index contributed by atoms with van der Waals surface area (Å²) in [7, 11) is 0. The monoisotopic (exact) mass is 803 g/mol. The number of esters is 3. The molecular weight excluding hydrogens is 709 g/mol. The van der Waals surface area contributed by atoms with Crippen molar-refractivity contribution in [1.82, 2.24) is 0 Å². The summed E-state index contributed by atoms with van der Waals surface area (Å²) in [5.41, 5.74) is 0. The van der Waals surface area contributed by atoms with Crippen LogP contribution < -0.4 is 0 Å². The van der Waals surface area contributed by atoms with E-state index < -0.39 is 6.10 Å². The summed E-state index contributed by atoms with van der Waals surface area (Å²) in [6, 6.07) is 0. The molecule has 0 aromatic carbocycles. The van der Waals surface area contributed by atoms with E-state index in [9.17, 15) is 14.4 Å². The lowest BCUT2D eigenvalue weighted by molar-refractivity contribution is -0.167. The van der Waals surface area contributed by atoms with Gasteiger partial charge in [-0.25, -0.2) is 0 Å². The second-order valence-corrected chi connectivity index (χ2v) is 16.8. The zero-order chi connectivity index (χ0) is 41.5. The van der Waals surface area contributed by atoms with Gasteiger partial charge in [-0.2, -0.15) is 0 Å². The van der Waals surface area contributed by atoms with Gasteiger partial charge in [0, 0.05) is 19.3 Å². The van der Waals surface area contributed by atoms with Crippen molar-refractivity contribution >= 4 is 17.9 Å². The van der Waals surface area contributed by atoms with Crippen LogP contribution in [0.1, 0.15) is 265 Å².